The number of nitrogens with one attached hydrogen (secondary N) is 1. The molecule has 0 unspecified atom stereocenters. The summed E-state index contributed by atoms with van der Waals surface area (Å²) in [4.78, 5) is 10.8. The Hall–Kier alpha value is -1.77. The second-order valence-corrected chi connectivity index (χ2v) is 3.25. The van der Waals surface area contributed by atoms with Gasteiger partial charge < -0.3 is 11.1 Å². The van der Waals surface area contributed by atoms with Crippen LogP contribution in [0.5, 0.6) is 0 Å². The summed E-state index contributed by atoms with van der Waals surface area (Å²) in [6, 6.07) is 7.04. The Balaban J connectivity index is 2.64. The quantitative estimate of drug-likeness (QED) is 0.711. The van der Waals surface area contributed by atoms with Crippen LogP contribution in [0.4, 0.5) is 5.69 Å². The second kappa shape index (κ2) is 4.46. The number of benzene rings is 1. The van der Waals surface area contributed by atoms with Gasteiger partial charge in [0.25, 0.3) is 0 Å². The fourth-order valence-corrected chi connectivity index (χ4v) is 1.01. The largest absolute Gasteiger partial charge is 0.381 e. The van der Waals surface area contributed by atoms with Crippen LogP contribution in [0.3, 0.4) is 0 Å². The van der Waals surface area contributed by atoms with Crippen molar-refractivity contribution in [3.63, 3.8) is 0 Å². The number of primary amides is 1. The smallest absolute Gasteiger partial charge is 0.248 e. The summed E-state index contributed by atoms with van der Waals surface area (Å²) in [7, 11) is 0. The van der Waals surface area contributed by atoms with E-state index in [1.807, 2.05) is 19.1 Å². The molecular formula is C11H14N2O. The maximum atomic E-state index is 10.8. The first-order valence-electron chi connectivity index (χ1n) is 4.37. The number of hydrogen-bond donors (Lipinski definition) is 2. The average molecular weight is 190 g/mol. The molecule has 0 saturated carbocycles. The Labute approximate surface area is 83.6 Å². The normalized spacial score (nSPS) is 9.50. The van der Waals surface area contributed by atoms with Crippen LogP contribution >= 0.6 is 0 Å². The zero-order valence-corrected chi connectivity index (χ0v) is 8.21. The van der Waals surface area contributed by atoms with Crippen LogP contribution in [0.2, 0.25) is 0 Å². The zero-order chi connectivity index (χ0) is 10.6. The van der Waals surface area contributed by atoms with Crippen LogP contribution < -0.4 is 11.1 Å². The van der Waals surface area contributed by atoms with E-state index < -0.39 is 5.91 Å². The van der Waals surface area contributed by atoms with Gasteiger partial charge in [-0.15, -0.1) is 0 Å². The van der Waals surface area contributed by atoms with Crippen molar-refractivity contribution >= 4 is 11.6 Å². The zero-order valence-electron chi connectivity index (χ0n) is 8.21. The minimum absolute atomic E-state index is 0.406. The monoisotopic (exact) mass is 190 g/mol. The molecule has 0 aliphatic heterocycles. The minimum Gasteiger partial charge on any atom is -0.381 e. The van der Waals surface area contributed by atoms with Crippen LogP contribution in [-0.4, -0.2) is 12.5 Å². The van der Waals surface area contributed by atoms with Crippen molar-refractivity contribution in [2.75, 3.05) is 11.9 Å². The first-order valence-corrected chi connectivity index (χ1v) is 4.37. The number of carbonyl (C=O) groups is 1. The molecule has 0 heterocycles. The number of carbonyl (C=O) groups excluding carboxylic acids is 1. The van der Waals surface area contributed by atoms with Gasteiger partial charge in [-0.3, -0.25) is 4.79 Å². The van der Waals surface area contributed by atoms with Crippen LogP contribution in [0.1, 0.15) is 17.3 Å². The number of amides is 1. The highest BCUT2D eigenvalue weighted by atomic mass is 16.1. The number of rotatable bonds is 4. The Morgan fingerprint density at radius 1 is 1.43 bits per heavy atom. The van der Waals surface area contributed by atoms with Crippen molar-refractivity contribution < 1.29 is 4.79 Å². The van der Waals surface area contributed by atoms with Gasteiger partial charge >= 0.3 is 0 Å². The fourth-order valence-electron chi connectivity index (χ4n) is 1.01. The number of nitrogens with two attached hydrogens (primary N) is 1. The molecule has 3 nitrogen and oxygen atoms in total. The van der Waals surface area contributed by atoms with E-state index in [4.69, 9.17) is 5.73 Å². The molecule has 14 heavy (non-hydrogen) atoms. The van der Waals surface area contributed by atoms with Gasteiger partial charge in [0.15, 0.2) is 0 Å². The molecular weight excluding hydrogens is 176 g/mol. The van der Waals surface area contributed by atoms with Crippen molar-refractivity contribution in [3.05, 3.63) is 42.0 Å². The lowest BCUT2D eigenvalue weighted by molar-refractivity contribution is 0.100. The van der Waals surface area contributed by atoms with Crippen LogP contribution in [-0.2, 0) is 0 Å². The molecule has 1 amide bonds. The molecule has 0 aliphatic rings. The van der Waals surface area contributed by atoms with Crippen LogP contribution in [0, 0.1) is 0 Å². The summed E-state index contributed by atoms with van der Waals surface area (Å²) in [6.07, 6.45) is 0. The number of hydrogen-bond acceptors (Lipinski definition) is 2. The van der Waals surface area contributed by atoms with Gasteiger partial charge in [-0.05, 0) is 31.2 Å². The molecule has 0 spiro atoms. The molecule has 3 heteroatoms. The highest BCUT2D eigenvalue weighted by Crippen LogP contribution is 2.09. The molecule has 0 atom stereocenters. The van der Waals surface area contributed by atoms with Gasteiger partial charge in [-0.1, -0.05) is 12.2 Å². The summed E-state index contributed by atoms with van der Waals surface area (Å²) < 4.78 is 0. The molecule has 0 saturated heterocycles. The van der Waals surface area contributed by atoms with E-state index in [-0.39, 0.29) is 0 Å². The molecule has 1 rings (SSSR count). The third-order valence-corrected chi connectivity index (χ3v) is 1.76. The van der Waals surface area contributed by atoms with Crippen LogP contribution in [0.25, 0.3) is 0 Å². The molecule has 0 aromatic heterocycles. The first kappa shape index (κ1) is 10.3. The van der Waals surface area contributed by atoms with Crippen molar-refractivity contribution in [1.29, 1.82) is 0 Å². The Morgan fingerprint density at radius 3 is 2.43 bits per heavy atom. The van der Waals surface area contributed by atoms with E-state index in [0.29, 0.717) is 5.56 Å². The predicted octanol–water partition coefficient (Wildman–Crippen LogP) is 1.77. The molecule has 1 aromatic rings. The van der Waals surface area contributed by atoms with Gasteiger partial charge in [-0.25, -0.2) is 0 Å². The van der Waals surface area contributed by atoms with Crippen molar-refractivity contribution in [2.24, 2.45) is 5.73 Å². The lowest BCUT2D eigenvalue weighted by atomic mass is 10.2. The first-order chi connectivity index (χ1) is 6.59. The molecule has 1 aromatic carbocycles. The van der Waals surface area contributed by atoms with E-state index in [2.05, 4.69) is 11.9 Å². The lowest BCUT2D eigenvalue weighted by Gasteiger charge is -2.05. The molecule has 3 N–H and O–H groups in total. The molecule has 0 fully saturated rings. The highest BCUT2D eigenvalue weighted by Gasteiger charge is 1.98. The lowest BCUT2D eigenvalue weighted by Crippen LogP contribution is -2.10. The van der Waals surface area contributed by atoms with Crippen molar-refractivity contribution in [1.82, 2.24) is 0 Å². The van der Waals surface area contributed by atoms with Gasteiger partial charge in [-0.2, -0.15) is 0 Å². The van der Waals surface area contributed by atoms with E-state index >= 15 is 0 Å². The summed E-state index contributed by atoms with van der Waals surface area (Å²) in [5.74, 6) is -0.406. The summed E-state index contributed by atoms with van der Waals surface area (Å²) >= 11 is 0. The van der Waals surface area contributed by atoms with Crippen molar-refractivity contribution in [3.8, 4) is 0 Å². The molecule has 0 bridgehead atoms. The summed E-state index contributed by atoms with van der Waals surface area (Å²) in [5.41, 5.74) is 7.65. The third kappa shape index (κ3) is 2.94. The van der Waals surface area contributed by atoms with Crippen LogP contribution in [0.15, 0.2) is 36.4 Å². The fraction of sp³-hybridized carbons (Fsp3) is 0.182. The Bertz CT molecular complexity index is 341. The minimum atomic E-state index is -0.406. The van der Waals surface area contributed by atoms with E-state index in [9.17, 15) is 4.79 Å². The standard InChI is InChI=1S/C11H14N2O/c1-8(2)7-13-10-5-3-9(4-6-10)11(12)14/h3-6,13H,1,7H2,2H3,(H2,12,14). The van der Waals surface area contributed by atoms with E-state index in [1.54, 1.807) is 12.1 Å². The third-order valence-electron chi connectivity index (χ3n) is 1.76. The van der Waals surface area contributed by atoms with Gasteiger partial charge in [0.1, 0.15) is 0 Å². The highest BCUT2D eigenvalue weighted by molar-refractivity contribution is 5.93. The summed E-state index contributed by atoms with van der Waals surface area (Å²) in [6.45, 7) is 6.46. The average Bonchev–Trinajstić information content (AvgIpc) is 2.15. The topological polar surface area (TPSA) is 55.1 Å². The predicted molar refractivity (Wildman–Crippen MR) is 58.3 cm³/mol. The molecule has 0 radical (unpaired) electrons. The van der Waals surface area contributed by atoms with Gasteiger partial charge in [0.05, 0.1) is 0 Å². The van der Waals surface area contributed by atoms with Gasteiger partial charge in [0.2, 0.25) is 5.91 Å². The molecule has 0 aliphatic carbocycles. The Morgan fingerprint density at radius 2 is 2.00 bits per heavy atom. The maximum Gasteiger partial charge on any atom is 0.248 e. The summed E-state index contributed by atoms with van der Waals surface area (Å²) in [5, 5.41) is 3.16. The number of anilines is 1. The SMILES string of the molecule is C=C(C)CNc1ccc(C(N)=O)cc1. The van der Waals surface area contributed by atoms with Crippen molar-refractivity contribution in [2.45, 2.75) is 6.92 Å². The van der Waals surface area contributed by atoms with E-state index in [1.165, 1.54) is 0 Å². The molecule has 74 valence electrons. The maximum absolute atomic E-state index is 10.8. The second-order valence-electron chi connectivity index (χ2n) is 3.25. The van der Waals surface area contributed by atoms with E-state index in [0.717, 1.165) is 17.8 Å². The Kier molecular flexibility index (Phi) is 3.29. The van der Waals surface area contributed by atoms with Gasteiger partial charge in [0, 0.05) is 17.8 Å².